The molecular weight excluding hydrogens is 200 g/mol. The van der Waals surface area contributed by atoms with E-state index in [0.717, 1.165) is 12.8 Å². The molecule has 2 heteroatoms. The molecule has 0 radical (unpaired) electrons. The van der Waals surface area contributed by atoms with Crippen LogP contribution in [-0.2, 0) is 4.79 Å². The average molecular weight is 220 g/mol. The number of carbonyl (C=O) groups is 1. The van der Waals surface area contributed by atoms with Gasteiger partial charge >= 0.3 is 5.97 Å². The van der Waals surface area contributed by atoms with Crippen molar-refractivity contribution in [3.63, 3.8) is 0 Å². The van der Waals surface area contributed by atoms with Crippen molar-refractivity contribution in [1.82, 2.24) is 0 Å². The second-order valence-electron chi connectivity index (χ2n) is 3.73. The Labute approximate surface area is 98.4 Å². The molecule has 0 heterocycles. The molecule has 0 aliphatic heterocycles. The summed E-state index contributed by atoms with van der Waals surface area (Å²) in [4.78, 5) is 10.0. The molecule has 0 unspecified atom stereocenters. The molecule has 0 aromatic rings. The number of unbranched alkanes of at least 4 members (excludes halogenated alkanes) is 7. The molecule has 0 aromatic heterocycles. The summed E-state index contributed by atoms with van der Waals surface area (Å²) in [6.07, 6.45) is 9.69. The number of aliphatic carboxylic acids is 1. The van der Waals surface area contributed by atoms with E-state index in [9.17, 15) is 4.79 Å². The lowest BCUT2D eigenvalue weighted by molar-refractivity contribution is -0.130. The third-order valence-electron chi connectivity index (χ3n) is 2.23. The molecule has 2 nitrogen and oxygen atoms in total. The maximum absolute atomic E-state index is 10.0. The van der Waals surface area contributed by atoms with E-state index in [2.05, 4.69) is 24.7 Å². The van der Waals surface area contributed by atoms with Crippen LogP contribution in [0.3, 0.4) is 0 Å². The summed E-state index contributed by atoms with van der Waals surface area (Å²) in [6, 6.07) is 0. The van der Waals surface area contributed by atoms with E-state index < -0.39 is 5.97 Å². The van der Waals surface area contributed by atoms with Gasteiger partial charge in [-0.1, -0.05) is 51.4 Å². The fraction of sp³-hybridized carbons (Fsp3) is 0.643. The minimum absolute atomic E-state index is 0.822. The Morgan fingerprint density at radius 2 is 1.62 bits per heavy atom. The van der Waals surface area contributed by atoms with E-state index in [1.807, 2.05) is 5.92 Å². The first-order valence-corrected chi connectivity index (χ1v) is 5.99. The zero-order valence-electron chi connectivity index (χ0n) is 10.0. The largest absolute Gasteiger partial charge is 0.472 e. The smallest absolute Gasteiger partial charge is 0.382 e. The zero-order chi connectivity index (χ0) is 12.1. The normalized spacial score (nSPS) is 8.56. The highest BCUT2D eigenvalue weighted by Crippen LogP contribution is 2.07. The highest BCUT2D eigenvalue weighted by Gasteiger charge is 1.88. The fourth-order valence-corrected chi connectivity index (χ4v) is 1.36. The quantitative estimate of drug-likeness (QED) is 0.528. The summed E-state index contributed by atoms with van der Waals surface area (Å²) in [5.41, 5.74) is 0. The first-order chi connectivity index (χ1) is 7.77. The number of rotatable bonds is 7. The second kappa shape index (κ2) is 11.7. The van der Waals surface area contributed by atoms with Gasteiger partial charge in [0, 0.05) is 12.3 Å². The van der Waals surface area contributed by atoms with Crippen LogP contribution in [0.4, 0.5) is 0 Å². The van der Waals surface area contributed by atoms with E-state index in [1.54, 1.807) is 0 Å². The lowest BCUT2D eigenvalue weighted by Crippen LogP contribution is -1.85. The van der Waals surface area contributed by atoms with Crippen LogP contribution in [0.2, 0.25) is 0 Å². The van der Waals surface area contributed by atoms with Crippen LogP contribution in [0, 0.1) is 23.7 Å². The van der Waals surface area contributed by atoms with Gasteiger partial charge in [-0.05, 0) is 18.3 Å². The highest BCUT2D eigenvalue weighted by molar-refractivity contribution is 5.87. The van der Waals surface area contributed by atoms with Gasteiger partial charge in [0.15, 0.2) is 0 Å². The maximum atomic E-state index is 10.0. The van der Waals surface area contributed by atoms with Crippen molar-refractivity contribution in [3.05, 3.63) is 0 Å². The predicted molar refractivity (Wildman–Crippen MR) is 65.8 cm³/mol. The molecule has 0 saturated heterocycles. The second-order valence-corrected chi connectivity index (χ2v) is 3.73. The number of hydrogen-bond acceptors (Lipinski definition) is 1. The average Bonchev–Trinajstić information content (AvgIpc) is 2.25. The molecule has 0 aromatic carbocycles. The van der Waals surface area contributed by atoms with Gasteiger partial charge in [-0.3, -0.25) is 0 Å². The third kappa shape index (κ3) is 12.6. The summed E-state index contributed by atoms with van der Waals surface area (Å²) >= 11 is 0. The van der Waals surface area contributed by atoms with E-state index in [1.165, 1.54) is 38.5 Å². The first-order valence-electron chi connectivity index (χ1n) is 5.99. The van der Waals surface area contributed by atoms with Gasteiger partial charge in [-0.15, -0.1) is 0 Å². The van der Waals surface area contributed by atoms with E-state index >= 15 is 0 Å². The third-order valence-corrected chi connectivity index (χ3v) is 2.23. The molecule has 0 spiro atoms. The molecule has 0 atom stereocenters. The Kier molecular flexibility index (Phi) is 10.6. The van der Waals surface area contributed by atoms with Crippen LogP contribution in [0.5, 0.6) is 0 Å². The van der Waals surface area contributed by atoms with Gasteiger partial charge in [0.05, 0.1) is 0 Å². The molecular formula is C14H20O2. The number of hydrogen-bond donors (Lipinski definition) is 1. The molecule has 0 amide bonds. The lowest BCUT2D eigenvalue weighted by atomic mass is 10.1. The summed E-state index contributed by atoms with van der Waals surface area (Å²) in [5, 5.41) is 8.22. The molecule has 0 saturated carbocycles. The minimum Gasteiger partial charge on any atom is -0.472 e. The van der Waals surface area contributed by atoms with Crippen LogP contribution in [0.15, 0.2) is 0 Å². The molecule has 0 fully saturated rings. The van der Waals surface area contributed by atoms with Crippen LogP contribution in [-0.4, -0.2) is 11.1 Å². The fourth-order valence-electron chi connectivity index (χ4n) is 1.36. The highest BCUT2D eigenvalue weighted by atomic mass is 16.4. The van der Waals surface area contributed by atoms with E-state index in [4.69, 9.17) is 5.11 Å². The summed E-state index contributed by atoms with van der Waals surface area (Å²) in [6.45, 7) is 2.22. The van der Waals surface area contributed by atoms with Gasteiger partial charge in [0.2, 0.25) is 0 Å². The summed E-state index contributed by atoms with van der Waals surface area (Å²) < 4.78 is 0. The number of carboxylic acid groups (broad SMARTS) is 1. The Balaban J connectivity index is 3.27. The van der Waals surface area contributed by atoms with E-state index in [-0.39, 0.29) is 0 Å². The van der Waals surface area contributed by atoms with Gasteiger partial charge in [0.1, 0.15) is 0 Å². The van der Waals surface area contributed by atoms with Crippen molar-refractivity contribution in [2.24, 2.45) is 0 Å². The van der Waals surface area contributed by atoms with Crippen molar-refractivity contribution in [3.8, 4) is 23.7 Å². The number of carboxylic acids is 1. The Morgan fingerprint density at radius 3 is 2.25 bits per heavy atom. The standard InChI is InChI=1S/C14H20O2/c1-2-3-4-5-6-7-8-9-10-11-12-13-14(15)16/h2-9H2,1H3,(H,15,16). The SMILES string of the molecule is CCCCCCCCCC#CC#CC(=O)O. The predicted octanol–water partition coefficient (Wildman–Crippen LogP) is 3.22. The van der Waals surface area contributed by atoms with Crippen molar-refractivity contribution in [2.75, 3.05) is 0 Å². The lowest BCUT2D eigenvalue weighted by Gasteiger charge is -1.97. The van der Waals surface area contributed by atoms with Gasteiger partial charge < -0.3 is 5.11 Å². The Bertz CT molecular complexity index is 296. The van der Waals surface area contributed by atoms with Crippen molar-refractivity contribution < 1.29 is 9.90 Å². The summed E-state index contributed by atoms with van der Waals surface area (Å²) in [5.74, 6) is 8.53. The van der Waals surface area contributed by atoms with Crippen LogP contribution in [0.25, 0.3) is 0 Å². The zero-order valence-corrected chi connectivity index (χ0v) is 10.0. The molecule has 0 bridgehead atoms. The summed E-state index contributed by atoms with van der Waals surface area (Å²) in [7, 11) is 0. The van der Waals surface area contributed by atoms with Gasteiger partial charge in [-0.25, -0.2) is 4.79 Å². The van der Waals surface area contributed by atoms with Crippen LogP contribution in [0.1, 0.15) is 58.3 Å². The topological polar surface area (TPSA) is 37.3 Å². The maximum Gasteiger partial charge on any atom is 0.382 e. The molecule has 0 aliphatic carbocycles. The van der Waals surface area contributed by atoms with Crippen molar-refractivity contribution in [1.29, 1.82) is 0 Å². The minimum atomic E-state index is -1.12. The van der Waals surface area contributed by atoms with E-state index in [0.29, 0.717) is 0 Å². The van der Waals surface area contributed by atoms with Crippen molar-refractivity contribution in [2.45, 2.75) is 58.3 Å². The monoisotopic (exact) mass is 220 g/mol. The first kappa shape index (κ1) is 14.6. The molecule has 16 heavy (non-hydrogen) atoms. The Hall–Kier alpha value is -1.41. The van der Waals surface area contributed by atoms with Crippen LogP contribution >= 0.6 is 0 Å². The molecule has 1 N–H and O–H groups in total. The molecule has 88 valence electrons. The molecule has 0 rings (SSSR count). The van der Waals surface area contributed by atoms with Gasteiger partial charge in [0.25, 0.3) is 0 Å². The van der Waals surface area contributed by atoms with Crippen molar-refractivity contribution >= 4 is 5.97 Å². The van der Waals surface area contributed by atoms with Crippen LogP contribution < -0.4 is 0 Å². The molecule has 0 aliphatic rings. The Morgan fingerprint density at radius 1 is 1.00 bits per heavy atom. The van der Waals surface area contributed by atoms with Gasteiger partial charge in [-0.2, -0.15) is 0 Å².